The number of anilines is 2. The highest BCUT2D eigenvalue weighted by Gasteiger charge is 2.23. The lowest BCUT2D eigenvalue weighted by Crippen LogP contribution is -2.49. The van der Waals surface area contributed by atoms with Gasteiger partial charge in [-0.1, -0.05) is 18.2 Å². The molecule has 0 unspecified atom stereocenters. The van der Waals surface area contributed by atoms with Gasteiger partial charge in [-0.25, -0.2) is 9.97 Å². The summed E-state index contributed by atoms with van der Waals surface area (Å²) in [6.07, 6.45) is 5.46. The maximum atomic E-state index is 12.3. The number of benzene rings is 1. The van der Waals surface area contributed by atoms with E-state index in [0.717, 1.165) is 48.5 Å². The standard InChI is InChI=1S/C19H22N6O/c26-17(11-21-14-5-2-1-3-6-14)24-15-7-4-10-25(12-15)19-16-8-9-20-18(16)22-13-23-19/h1-3,5-6,8-9,13,15,21H,4,7,10-12H2,(H,24,26)(H,20,22,23)/t15-/m1/s1. The summed E-state index contributed by atoms with van der Waals surface area (Å²) in [4.78, 5) is 26.3. The first kappa shape index (κ1) is 16.4. The fraction of sp³-hybridized carbons (Fsp3) is 0.316. The van der Waals surface area contributed by atoms with Crippen molar-refractivity contribution in [3.8, 4) is 0 Å². The van der Waals surface area contributed by atoms with Crippen molar-refractivity contribution in [2.45, 2.75) is 18.9 Å². The smallest absolute Gasteiger partial charge is 0.239 e. The highest BCUT2D eigenvalue weighted by Crippen LogP contribution is 2.24. The molecule has 3 aromatic rings. The highest BCUT2D eigenvalue weighted by atomic mass is 16.2. The van der Waals surface area contributed by atoms with Gasteiger partial charge in [-0.2, -0.15) is 0 Å². The topological polar surface area (TPSA) is 85.9 Å². The second-order valence-corrected chi connectivity index (χ2v) is 6.51. The number of hydrogen-bond acceptors (Lipinski definition) is 5. The van der Waals surface area contributed by atoms with Crippen molar-refractivity contribution < 1.29 is 4.79 Å². The van der Waals surface area contributed by atoms with Crippen LogP contribution in [0.2, 0.25) is 0 Å². The van der Waals surface area contributed by atoms with E-state index >= 15 is 0 Å². The van der Waals surface area contributed by atoms with Crippen LogP contribution in [-0.4, -0.2) is 46.5 Å². The van der Waals surface area contributed by atoms with Crippen LogP contribution in [0, 0.1) is 0 Å². The number of amides is 1. The molecule has 1 aliphatic heterocycles. The molecule has 1 amide bonds. The lowest BCUT2D eigenvalue weighted by molar-refractivity contribution is -0.120. The molecule has 134 valence electrons. The molecule has 0 saturated carbocycles. The Morgan fingerprint density at radius 1 is 1.23 bits per heavy atom. The molecule has 2 aromatic heterocycles. The average molecular weight is 350 g/mol. The number of carbonyl (C=O) groups excluding carboxylic acids is 1. The largest absolute Gasteiger partial charge is 0.376 e. The molecule has 3 N–H and O–H groups in total. The fourth-order valence-corrected chi connectivity index (χ4v) is 3.42. The van der Waals surface area contributed by atoms with E-state index in [1.165, 1.54) is 0 Å². The number of hydrogen-bond donors (Lipinski definition) is 3. The number of para-hydroxylation sites is 1. The quantitative estimate of drug-likeness (QED) is 0.656. The van der Waals surface area contributed by atoms with E-state index in [1.807, 2.05) is 42.6 Å². The molecule has 0 bridgehead atoms. The molecule has 3 heterocycles. The summed E-state index contributed by atoms with van der Waals surface area (Å²) in [6, 6.07) is 11.9. The Hall–Kier alpha value is -3.09. The molecule has 0 aliphatic carbocycles. The second kappa shape index (κ2) is 7.43. The van der Waals surface area contributed by atoms with Gasteiger partial charge in [0.1, 0.15) is 17.8 Å². The van der Waals surface area contributed by atoms with E-state index in [2.05, 4.69) is 30.5 Å². The Kier molecular flexibility index (Phi) is 4.68. The summed E-state index contributed by atoms with van der Waals surface area (Å²) < 4.78 is 0. The van der Waals surface area contributed by atoms with Crippen molar-refractivity contribution >= 4 is 28.4 Å². The number of nitrogens with zero attached hydrogens (tertiary/aromatic N) is 3. The third kappa shape index (κ3) is 3.61. The number of carbonyl (C=O) groups is 1. The fourth-order valence-electron chi connectivity index (χ4n) is 3.42. The van der Waals surface area contributed by atoms with Crippen molar-refractivity contribution in [3.05, 3.63) is 48.9 Å². The molecule has 1 aromatic carbocycles. The summed E-state index contributed by atoms with van der Waals surface area (Å²) in [5.74, 6) is 0.938. The van der Waals surface area contributed by atoms with Crippen LogP contribution < -0.4 is 15.5 Å². The van der Waals surface area contributed by atoms with E-state index in [0.29, 0.717) is 0 Å². The van der Waals surface area contributed by atoms with Crippen molar-refractivity contribution in [2.75, 3.05) is 29.9 Å². The van der Waals surface area contributed by atoms with E-state index in [4.69, 9.17) is 0 Å². The van der Waals surface area contributed by atoms with Crippen molar-refractivity contribution in [3.63, 3.8) is 0 Å². The van der Waals surface area contributed by atoms with Gasteiger partial charge in [-0.15, -0.1) is 0 Å². The van der Waals surface area contributed by atoms with Gasteiger partial charge >= 0.3 is 0 Å². The zero-order valence-electron chi connectivity index (χ0n) is 14.5. The van der Waals surface area contributed by atoms with Gasteiger partial charge in [0.05, 0.1) is 11.9 Å². The molecular formula is C19H22N6O. The normalized spacial score (nSPS) is 17.2. The number of fused-ring (bicyclic) bond motifs is 1. The van der Waals surface area contributed by atoms with Gasteiger partial charge in [0.2, 0.25) is 5.91 Å². The van der Waals surface area contributed by atoms with Gasteiger partial charge in [0.25, 0.3) is 0 Å². The summed E-state index contributed by atoms with van der Waals surface area (Å²) in [6.45, 7) is 1.97. The van der Waals surface area contributed by atoms with Crippen molar-refractivity contribution in [1.29, 1.82) is 0 Å². The zero-order chi connectivity index (χ0) is 17.8. The third-order valence-electron chi connectivity index (χ3n) is 4.65. The van der Waals surface area contributed by atoms with Crippen LogP contribution in [0.4, 0.5) is 11.5 Å². The van der Waals surface area contributed by atoms with E-state index < -0.39 is 0 Å². The Bertz CT molecular complexity index is 878. The van der Waals surface area contributed by atoms with Gasteiger partial charge in [-0.3, -0.25) is 4.79 Å². The minimum Gasteiger partial charge on any atom is -0.376 e. The lowest BCUT2D eigenvalue weighted by atomic mass is 10.1. The number of nitrogens with one attached hydrogen (secondary N) is 3. The van der Waals surface area contributed by atoms with Crippen LogP contribution in [0.1, 0.15) is 12.8 Å². The summed E-state index contributed by atoms with van der Waals surface area (Å²) in [5, 5.41) is 7.30. The minimum atomic E-state index is 0.00943. The predicted molar refractivity (Wildman–Crippen MR) is 102 cm³/mol. The Morgan fingerprint density at radius 2 is 2.12 bits per heavy atom. The Labute approximate surface area is 151 Å². The van der Waals surface area contributed by atoms with E-state index in [9.17, 15) is 4.79 Å². The third-order valence-corrected chi connectivity index (χ3v) is 4.65. The van der Waals surface area contributed by atoms with Gasteiger partial charge in [-0.05, 0) is 31.0 Å². The molecule has 7 nitrogen and oxygen atoms in total. The number of rotatable bonds is 5. The molecule has 1 saturated heterocycles. The van der Waals surface area contributed by atoms with Gasteiger partial charge < -0.3 is 20.5 Å². The average Bonchev–Trinajstić information content (AvgIpc) is 3.16. The first-order chi connectivity index (χ1) is 12.8. The first-order valence-electron chi connectivity index (χ1n) is 8.91. The van der Waals surface area contributed by atoms with Gasteiger partial charge in [0, 0.05) is 31.0 Å². The molecule has 0 spiro atoms. The van der Waals surface area contributed by atoms with Crippen LogP contribution >= 0.6 is 0 Å². The maximum absolute atomic E-state index is 12.3. The van der Waals surface area contributed by atoms with Crippen molar-refractivity contribution in [1.82, 2.24) is 20.3 Å². The second-order valence-electron chi connectivity index (χ2n) is 6.51. The Morgan fingerprint density at radius 3 is 3.00 bits per heavy atom. The molecule has 4 rings (SSSR count). The van der Waals surface area contributed by atoms with E-state index in [1.54, 1.807) is 6.33 Å². The van der Waals surface area contributed by atoms with Crippen molar-refractivity contribution in [2.24, 2.45) is 0 Å². The molecule has 1 fully saturated rings. The summed E-state index contributed by atoms with van der Waals surface area (Å²) >= 11 is 0. The molecule has 1 atom stereocenters. The molecule has 0 radical (unpaired) electrons. The summed E-state index contributed by atoms with van der Waals surface area (Å²) in [5.41, 5.74) is 1.79. The van der Waals surface area contributed by atoms with Crippen LogP contribution in [-0.2, 0) is 4.79 Å². The number of aromatic amines is 1. The SMILES string of the molecule is O=C(CNc1ccccc1)N[C@@H]1CCCN(c2ncnc3[nH]ccc23)C1. The number of piperidine rings is 1. The lowest BCUT2D eigenvalue weighted by Gasteiger charge is -2.34. The highest BCUT2D eigenvalue weighted by molar-refractivity contribution is 5.87. The molecular weight excluding hydrogens is 328 g/mol. The summed E-state index contributed by atoms with van der Waals surface area (Å²) in [7, 11) is 0. The van der Waals surface area contributed by atoms with Crippen LogP contribution in [0.25, 0.3) is 11.0 Å². The monoisotopic (exact) mass is 350 g/mol. The zero-order valence-corrected chi connectivity index (χ0v) is 14.5. The molecule has 26 heavy (non-hydrogen) atoms. The Balaban J connectivity index is 1.36. The predicted octanol–water partition coefficient (Wildman–Crippen LogP) is 2.15. The van der Waals surface area contributed by atoms with Crippen LogP contribution in [0.15, 0.2) is 48.9 Å². The molecule has 1 aliphatic rings. The first-order valence-corrected chi connectivity index (χ1v) is 8.91. The van der Waals surface area contributed by atoms with E-state index in [-0.39, 0.29) is 18.5 Å². The minimum absolute atomic E-state index is 0.00943. The van der Waals surface area contributed by atoms with Crippen LogP contribution in [0.3, 0.4) is 0 Å². The number of H-pyrrole nitrogens is 1. The van der Waals surface area contributed by atoms with Gasteiger partial charge in [0.15, 0.2) is 0 Å². The maximum Gasteiger partial charge on any atom is 0.239 e. The molecule has 7 heteroatoms. The number of aromatic nitrogens is 3. The van der Waals surface area contributed by atoms with Crippen LogP contribution in [0.5, 0.6) is 0 Å².